The fourth-order valence-corrected chi connectivity index (χ4v) is 1.41. The maximum Gasteiger partial charge on any atom is 0.422 e. The monoisotopic (exact) mass is 379 g/mol. The summed E-state index contributed by atoms with van der Waals surface area (Å²) in [5, 5.41) is 2.48. The lowest BCUT2D eigenvalue weighted by Crippen LogP contribution is -2.43. The third-order valence-corrected chi connectivity index (χ3v) is 2.36. The highest BCUT2D eigenvalue weighted by atomic mass is 35.5. The van der Waals surface area contributed by atoms with Crippen LogP contribution in [0, 0.1) is 0 Å². The minimum atomic E-state index is -4.46. The van der Waals surface area contributed by atoms with Gasteiger partial charge in [-0.25, -0.2) is 4.98 Å². The fraction of sp³-hybridized carbons (Fsp3) is 0.500. The SMILES string of the molecule is COCC(N)C(=O)NCc1cccnc1OCC(F)(F)F.Cl.Cl. The van der Waals surface area contributed by atoms with Crippen molar-refractivity contribution in [3.63, 3.8) is 0 Å². The molecule has 0 aromatic carbocycles. The fourth-order valence-electron chi connectivity index (χ4n) is 1.41. The van der Waals surface area contributed by atoms with Crippen LogP contribution >= 0.6 is 24.8 Å². The number of hydrogen-bond donors (Lipinski definition) is 2. The molecule has 3 N–H and O–H groups in total. The summed E-state index contributed by atoms with van der Waals surface area (Å²) >= 11 is 0. The molecule has 1 heterocycles. The lowest BCUT2D eigenvalue weighted by Gasteiger charge is -2.14. The zero-order chi connectivity index (χ0) is 15.9. The number of hydrogen-bond acceptors (Lipinski definition) is 5. The smallest absolute Gasteiger partial charge is 0.422 e. The summed E-state index contributed by atoms with van der Waals surface area (Å²) in [5.41, 5.74) is 5.83. The second-order valence-electron chi connectivity index (χ2n) is 4.15. The van der Waals surface area contributed by atoms with E-state index in [1.165, 1.54) is 25.4 Å². The van der Waals surface area contributed by atoms with Gasteiger partial charge in [-0.3, -0.25) is 4.79 Å². The Labute approximate surface area is 143 Å². The van der Waals surface area contributed by atoms with Crippen LogP contribution in [0.25, 0.3) is 0 Å². The molecule has 1 atom stereocenters. The zero-order valence-corrected chi connectivity index (χ0v) is 13.8. The molecular formula is C12H18Cl2F3N3O3. The largest absolute Gasteiger partial charge is 0.468 e. The van der Waals surface area contributed by atoms with Crippen molar-refractivity contribution >= 4 is 30.7 Å². The first-order chi connectivity index (χ1) is 9.83. The van der Waals surface area contributed by atoms with Crippen molar-refractivity contribution in [1.29, 1.82) is 0 Å². The molecule has 0 bridgehead atoms. The Morgan fingerprint density at radius 3 is 2.65 bits per heavy atom. The van der Waals surface area contributed by atoms with E-state index < -0.39 is 24.7 Å². The van der Waals surface area contributed by atoms with Crippen LogP contribution in [0.1, 0.15) is 5.56 Å². The van der Waals surface area contributed by atoms with Gasteiger partial charge in [0.05, 0.1) is 6.61 Å². The van der Waals surface area contributed by atoms with Crippen LogP contribution in [0.3, 0.4) is 0 Å². The minimum absolute atomic E-state index is 0. The van der Waals surface area contributed by atoms with Gasteiger partial charge in [0, 0.05) is 25.4 Å². The first-order valence-electron chi connectivity index (χ1n) is 5.99. The second kappa shape index (κ2) is 11.3. The number of rotatable bonds is 7. The quantitative estimate of drug-likeness (QED) is 0.748. The van der Waals surface area contributed by atoms with Crippen molar-refractivity contribution < 1.29 is 27.4 Å². The standard InChI is InChI=1S/C12H16F3N3O3.2ClH/c1-20-6-9(16)10(19)18-5-8-3-2-4-17-11(8)21-7-12(13,14)15;;/h2-4,9H,5-7,16H2,1H3,(H,18,19);2*1H. The number of ether oxygens (including phenoxy) is 2. The number of alkyl halides is 3. The summed E-state index contributed by atoms with van der Waals surface area (Å²) in [5.74, 6) is -0.669. The number of methoxy groups -OCH3 is 1. The van der Waals surface area contributed by atoms with E-state index in [0.717, 1.165) is 0 Å². The second-order valence-corrected chi connectivity index (χ2v) is 4.15. The molecule has 1 rings (SSSR count). The summed E-state index contributed by atoms with van der Waals surface area (Å²) in [6.07, 6.45) is -3.16. The Kier molecular flexibility index (Phi) is 11.8. The molecule has 0 fully saturated rings. The molecule has 0 aliphatic heterocycles. The highest BCUT2D eigenvalue weighted by molar-refractivity contribution is 5.85. The number of pyridine rings is 1. The van der Waals surface area contributed by atoms with Gasteiger partial charge in [0.2, 0.25) is 11.8 Å². The number of carbonyl (C=O) groups excluding carboxylic acids is 1. The predicted octanol–water partition coefficient (Wildman–Crippen LogP) is 1.46. The van der Waals surface area contributed by atoms with E-state index in [1.807, 2.05) is 0 Å². The molecular weight excluding hydrogens is 362 g/mol. The normalized spacial score (nSPS) is 11.7. The molecule has 0 aliphatic carbocycles. The zero-order valence-electron chi connectivity index (χ0n) is 12.1. The van der Waals surface area contributed by atoms with Crippen LogP contribution in [0.15, 0.2) is 18.3 Å². The van der Waals surface area contributed by atoms with Crippen LogP contribution in [0.5, 0.6) is 5.88 Å². The lowest BCUT2D eigenvalue weighted by atomic mass is 10.2. The maximum absolute atomic E-state index is 12.1. The van der Waals surface area contributed by atoms with Crippen molar-refractivity contribution in [2.45, 2.75) is 18.8 Å². The molecule has 1 aromatic heterocycles. The molecule has 0 aliphatic rings. The van der Waals surface area contributed by atoms with E-state index in [1.54, 1.807) is 0 Å². The number of aromatic nitrogens is 1. The van der Waals surface area contributed by atoms with Crippen molar-refractivity contribution in [2.24, 2.45) is 5.73 Å². The van der Waals surface area contributed by atoms with E-state index in [2.05, 4.69) is 15.0 Å². The van der Waals surface area contributed by atoms with E-state index in [-0.39, 0.29) is 43.8 Å². The summed E-state index contributed by atoms with van der Waals surface area (Å²) in [4.78, 5) is 15.3. The number of nitrogens with zero attached hydrogens (tertiary/aromatic N) is 1. The Hall–Kier alpha value is -1.29. The van der Waals surface area contributed by atoms with Gasteiger partial charge < -0.3 is 20.5 Å². The molecule has 0 spiro atoms. The number of nitrogens with two attached hydrogens (primary N) is 1. The molecule has 1 amide bonds. The van der Waals surface area contributed by atoms with Crippen LogP contribution in [-0.4, -0.2) is 43.4 Å². The Morgan fingerprint density at radius 2 is 2.09 bits per heavy atom. The predicted molar refractivity (Wildman–Crippen MR) is 82.0 cm³/mol. The van der Waals surface area contributed by atoms with Crippen molar-refractivity contribution in [3.8, 4) is 5.88 Å². The lowest BCUT2D eigenvalue weighted by molar-refractivity contribution is -0.154. The average molecular weight is 380 g/mol. The highest BCUT2D eigenvalue weighted by Crippen LogP contribution is 2.19. The van der Waals surface area contributed by atoms with Crippen molar-refractivity contribution in [2.75, 3.05) is 20.3 Å². The van der Waals surface area contributed by atoms with Gasteiger partial charge in [-0.1, -0.05) is 6.07 Å². The summed E-state index contributed by atoms with van der Waals surface area (Å²) < 4.78 is 45.7. The third kappa shape index (κ3) is 9.44. The molecule has 0 radical (unpaired) electrons. The summed E-state index contributed by atoms with van der Waals surface area (Å²) in [7, 11) is 1.40. The Bertz CT molecular complexity index is 478. The van der Waals surface area contributed by atoms with Gasteiger partial charge in [0.1, 0.15) is 6.04 Å². The van der Waals surface area contributed by atoms with Gasteiger partial charge in [0.25, 0.3) is 0 Å². The molecule has 0 saturated carbocycles. The Balaban J connectivity index is 0. The van der Waals surface area contributed by atoms with Crippen molar-refractivity contribution in [3.05, 3.63) is 23.9 Å². The molecule has 134 valence electrons. The van der Waals surface area contributed by atoms with Gasteiger partial charge in [-0.05, 0) is 6.07 Å². The molecule has 6 nitrogen and oxygen atoms in total. The van der Waals surface area contributed by atoms with E-state index in [0.29, 0.717) is 5.56 Å². The summed E-state index contributed by atoms with van der Waals surface area (Å²) in [6.45, 7) is -1.46. The average Bonchev–Trinajstić information content (AvgIpc) is 2.42. The van der Waals surface area contributed by atoms with Crippen LogP contribution in [-0.2, 0) is 16.1 Å². The molecule has 23 heavy (non-hydrogen) atoms. The van der Waals surface area contributed by atoms with E-state index in [4.69, 9.17) is 10.5 Å². The van der Waals surface area contributed by atoms with Crippen LogP contribution < -0.4 is 15.8 Å². The molecule has 11 heteroatoms. The number of carbonyl (C=O) groups is 1. The molecule has 1 unspecified atom stereocenters. The number of nitrogens with one attached hydrogen (secondary N) is 1. The number of halogens is 5. The van der Waals surface area contributed by atoms with Crippen LogP contribution in [0.4, 0.5) is 13.2 Å². The van der Waals surface area contributed by atoms with Crippen molar-refractivity contribution in [1.82, 2.24) is 10.3 Å². The van der Waals surface area contributed by atoms with Gasteiger partial charge in [0.15, 0.2) is 6.61 Å². The van der Waals surface area contributed by atoms with Gasteiger partial charge >= 0.3 is 6.18 Å². The highest BCUT2D eigenvalue weighted by Gasteiger charge is 2.29. The topological polar surface area (TPSA) is 86.5 Å². The summed E-state index contributed by atoms with van der Waals surface area (Å²) in [6, 6.07) is 2.17. The van der Waals surface area contributed by atoms with E-state index >= 15 is 0 Å². The first kappa shape index (κ1) is 24.0. The Morgan fingerprint density at radius 1 is 1.43 bits per heavy atom. The minimum Gasteiger partial charge on any atom is -0.468 e. The maximum atomic E-state index is 12.1. The van der Waals surface area contributed by atoms with Gasteiger partial charge in [-0.2, -0.15) is 13.2 Å². The third-order valence-electron chi connectivity index (χ3n) is 2.36. The number of amides is 1. The molecule has 1 aromatic rings. The molecule has 0 saturated heterocycles. The first-order valence-corrected chi connectivity index (χ1v) is 5.99. The van der Waals surface area contributed by atoms with Crippen LogP contribution in [0.2, 0.25) is 0 Å². The van der Waals surface area contributed by atoms with Gasteiger partial charge in [-0.15, -0.1) is 24.8 Å². The van der Waals surface area contributed by atoms with E-state index in [9.17, 15) is 18.0 Å².